The number of β-amino-alcohol motifs (C(OH)–C–C–N with tert-alkyl or cyclic N) is 1. The van der Waals surface area contributed by atoms with Crippen molar-refractivity contribution in [2.45, 2.75) is 104 Å². The SMILES string of the molecule is Cc1ccsc1-c1ccc(CNC(=O)[C@@H]2C[C@@H](O)CN2C(=O)[C@@H](NC(=O)CCCCOc2ccc(-c3ccc(N4C(=S)N(c5ccc(C#N)c(C(F)(F)F)c5)C(=O)C4(C)C)cc3)cc2)C(C)(C)C)cc1. The first-order valence-electron chi connectivity index (χ1n) is 22.9. The van der Waals surface area contributed by atoms with Crippen molar-refractivity contribution in [3.8, 4) is 33.4 Å². The van der Waals surface area contributed by atoms with Crippen LogP contribution in [0, 0.1) is 23.7 Å². The summed E-state index contributed by atoms with van der Waals surface area (Å²) in [6.07, 6.45) is -4.39. The van der Waals surface area contributed by atoms with Crippen molar-refractivity contribution in [1.82, 2.24) is 15.5 Å². The van der Waals surface area contributed by atoms with Gasteiger partial charge in [0.1, 0.15) is 23.4 Å². The Balaban J connectivity index is 0.880. The van der Waals surface area contributed by atoms with Crippen molar-refractivity contribution in [1.29, 1.82) is 5.26 Å². The van der Waals surface area contributed by atoms with Gasteiger partial charge in [0.2, 0.25) is 17.7 Å². The van der Waals surface area contributed by atoms with Gasteiger partial charge in [0.15, 0.2) is 5.11 Å². The van der Waals surface area contributed by atoms with E-state index >= 15 is 0 Å². The molecule has 7 rings (SSSR count). The molecule has 0 unspecified atom stereocenters. The number of amides is 4. The number of hydrogen-bond acceptors (Lipinski definition) is 9. The van der Waals surface area contributed by atoms with Crippen LogP contribution in [-0.2, 0) is 31.9 Å². The fourth-order valence-corrected chi connectivity index (χ4v) is 10.1. The summed E-state index contributed by atoms with van der Waals surface area (Å²) in [6, 6.07) is 27.5. The Hall–Kier alpha value is -6.61. The summed E-state index contributed by atoms with van der Waals surface area (Å²) in [7, 11) is 0. The number of benzene rings is 4. The number of hydrogen-bond donors (Lipinski definition) is 3. The lowest BCUT2D eigenvalue weighted by atomic mass is 9.85. The van der Waals surface area contributed by atoms with Gasteiger partial charge in [-0.1, -0.05) is 69.3 Å². The predicted molar refractivity (Wildman–Crippen MR) is 268 cm³/mol. The molecule has 17 heteroatoms. The molecule has 3 atom stereocenters. The van der Waals surface area contributed by atoms with E-state index in [4.69, 9.17) is 17.0 Å². The zero-order chi connectivity index (χ0) is 50.7. The van der Waals surface area contributed by atoms with Crippen LogP contribution in [0.2, 0.25) is 0 Å². The van der Waals surface area contributed by atoms with Gasteiger partial charge < -0.3 is 30.3 Å². The molecule has 4 aromatic carbocycles. The van der Waals surface area contributed by atoms with Crippen molar-refractivity contribution >= 4 is 63.7 Å². The van der Waals surface area contributed by atoms with E-state index in [1.165, 1.54) is 21.4 Å². The predicted octanol–water partition coefficient (Wildman–Crippen LogP) is 9.56. The normalized spacial score (nSPS) is 17.4. The van der Waals surface area contributed by atoms with E-state index in [-0.39, 0.29) is 48.5 Å². The second-order valence-electron chi connectivity index (χ2n) is 19.1. The van der Waals surface area contributed by atoms with E-state index in [0.29, 0.717) is 30.9 Å². The monoisotopic (exact) mass is 992 g/mol. The number of aryl methyl sites for hydroxylation is 1. The highest BCUT2D eigenvalue weighted by Gasteiger charge is 2.51. The first kappa shape index (κ1) is 51.2. The number of thiocarbonyl (C=S) groups is 1. The summed E-state index contributed by atoms with van der Waals surface area (Å²) in [5.41, 5.74) is 1.77. The third-order valence-electron chi connectivity index (χ3n) is 12.6. The standard InChI is InChI=1S/C53H55F3N6O6S2/c1-32-24-26-70-45(32)36-12-10-33(11-13-36)30-58-47(65)43-28-40(63)31-60(43)48(66)46(51(2,3)4)59-44(64)9-7-8-25-68-41-22-17-35(18-23-41)34-14-19-38(20-15-34)62-50(69)61(49(67)52(62,5)6)39-21-16-37(29-57)42(27-39)53(54,55)56/h10-24,26-27,40,43,46,63H,7-9,25,28,30-31H2,1-6H3,(H,58,65)(H,59,64)/t40-,43+,46-/m1/s1. The van der Waals surface area contributed by atoms with Crippen LogP contribution in [0.4, 0.5) is 24.5 Å². The number of carbonyl (C=O) groups is 4. The Morgan fingerprint density at radius 1 is 0.929 bits per heavy atom. The molecular formula is C53H55F3N6O6S2. The summed E-state index contributed by atoms with van der Waals surface area (Å²) < 4.78 is 47.3. The zero-order valence-electron chi connectivity index (χ0n) is 39.7. The highest BCUT2D eigenvalue weighted by Crippen LogP contribution is 2.40. The summed E-state index contributed by atoms with van der Waals surface area (Å²) in [4.78, 5) is 59.7. The summed E-state index contributed by atoms with van der Waals surface area (Å²) in [6.45, 7) is 11.5. The maximum absolute atomic E-state index is 14.1. The second-order valence-corrected chi connectivity index (χ2v) is 20.4. The summed E-state index contributed by atoms with van der Waals surface area (Å²) in [5, 5.41) is 27.7. The molecule has 1 aromatic heterocycles. The third-order valence-corrected chi connectivity index (χ3v) is 14.0. The van der Waals surface area contributed by atoms with Crippen LogP contribution >= 0.6 is 23.6 Å². The van der Waals surface area contributed by atoms with E-state index in [0.717, 1.165) is 39.3 Å². The van der Waals surface area contributed by atoms with E-state index in [2.05, 4.69) is 29.0 Å². The lowest BCUT2D eigenvalue weighted by Crippen LogP contribution is -2.57. The molecule has 2 fully saturated rings. The van der Waals surface area contributed by atoms with Crippen LogP contribution in [0.3, 0.4) is 0 Å². The molecule has 366 valence electrons. The number of alkyl halides is 3. The van der Waals surface area contributed by atoms with Crippen molar-refractivity contribution in [3.05, 3.63) is 125 Å². The zero-order valence-corrected chi connectivity index (χ0v) is 41.4. The van der Waals surface area contributed by atoms with Crippen molar-refractivity contribution < 1.29 is 42.2 Å². The molecule has 2 saturated heterocycles. The van der Waals surface area contributed by atoms with Crippen molar-refractivity contribution in [3.63, 3.8) is 0 Å². The number of nitrogens with zero attached hydrogens (tertiary/aromatic N) is 4. The van der Waals surface area contributed by atoms with Crippen molar-refractivity contribution in [2.75, 3.05) is 23.0 Å². The van der Waals surface area contributed by atoms with Gasteiger partial charge >= 0.3 is 6.18 Å². The number of anilines is 2. The molecule has 0 saturated carbocycles. The molecule has 2 aliphatic rings. The number of aliphatic hydroxyl groups excluding tert-OH is 1. The molecule has 0 bridgehead atoms. The molecule has 5 aromatic rings. The molecule has 0 radical (unpaired) electrons. The van der Waals surface area contributed by atoms with Gasteiger partial charge in [0, 0.05) is 36.5 Å². The van der Waals surface area contributed by atoms with Gasteiger partial charge in [-0.2, -0.15) is 18.4 Å². The van der Waals surface area contributed by atoms with Gasteiger partial charge in [0.05, 0.1) is 35.6 Å². The minimum Gasteiger partial charge on any atom is -0.494 e. The third kappa shape index (κ3) is 11.2. The number of likely N-dealkylation sites (tertiary alicyclic amines) is 1. The Kier molecular flexibility index (Phi) is 15.2. The maximum atomic E-state index is 14.1. The number of aliphatic hydroxyl groups is 1. The van der Waals surface area contributed by atoms with Crippen LogP contribution in [0.15, 0.2) is 102 Å². The molecule has 70 heavy (non-hydrogen) atoms. The van der Waals surface area contributed by atoms with E-state index in [1.54, 1.807) is 48.3 Å². The first-order valence-corrected chi connectivity index (χ1v) is 24.2. The fourth-order valence-electron chi connectivity index (χ4n) is 8.69. The highest BCUT2D eigenvalue weighted by molar-refractivity contribution is 7.81. The molecule has 3 heterocycles. The molecule has 3 N–H and O–H groups in total. The van der Waals surface area contributed by atoms with Gasteiger partial charge in [0.25, 0.3) is 5.91 Å². The molecular weight excluding hydrogens is 938 g/mol. The quantitative estimate of drug-likeness (QED) is 0.0687. The first-order chi connectivity index (χ1) is 33.1. The lowest BCUT2D eigenvalue weighted by Gasteiger charge is -2.35. The second kappa shape index (κ2) is 20.8. The maximum Gasteiger partial charge on any atom is 0.417 e. The number of halogens is 3. The van der Waals surface area contributed by atoms with Crippen LogP contribution in [-0.4, -0.2) is 75.6 Å². The number of carbonyl (C=O) groups excluding carboxylic acids is 4. The molecule has 0 aliphatic carbocycles. The number of rotatable bonds is 15. The largest absolute Gasteiger partial charge is 0.494 e. The number of nitriles is 1. The molecule has 0 spiro atoms. The minimum atomic E-state index is -4.81. The number of nitrogens with one attached hydrogen (secondary N) is 2. The average Bonchev–Trinajstić information content (AvgIpc) is 3.98. The van der Waals surface area contributed by atoms with Crippen LogP contribution in [0.5, 0.6) is 5.75 Å². The summed E-state index contributed by atoms with van der Waals surface area (Å²) >= 11 is 7.35. The van der Waals surface area contributed by atoms with Crippen molar-refractivity contribution in [2.24, 2.45) is 5.41 Å². The van der Waals surface area contributed by atoms with E-state index < -0.39 is 58.3 Å². The number of ether oxygens (including phenoxy) is 1. The topological polar surface area (TPSA) is 155 Å². The Morgan fingerprint density at radius 2 is 1.56 bits per heavy atom. The Morgan fingerprint density at radius 3 is 2.16 bits per heavy atom. The van der Waals surface area contributed by atoms with Crippen LogP contribution in [0.25, 0.3) is 21.6 Å². The van der Waals surface area contributed by atoms with Crippen LogP contribution in [0.1, 0.15) is 82.6 Å². The Labute approximate surface area is 415 Å². The van der Waals surface area contributed by atoms with E-state index in [1.807, 2.05) is 81.4 Å². The lowest BCUT2D eigenvalue weighted by molar-refractivity contribution is -0.144. The van der Waals surface area contributed by atoms with Crippen LogP contribution < -0.4 is 25.2 Å². The van der Waals surface area contributed by atoms with E-state index in [9.17, 15) is 42.7 Å². The number of thiophene rings is 1. The molecule has 12 nitrogen and oxygen atoms in total. The smallest absolute Gasteiger partial charge is 0.417 e. The Bertz CT molecular complexity index is 2800. The average molecular weight is 993 g/mol. The van der Waals surface area contributed by atoms with Gasteiger partial charge in [-0.05, 0) is 133 Å². The fraction of sp³-hybridized carbons (Fsp3) is 0.358. The van der Waals surface area contributed by atoms with Gasteiger partial charge in [-0.3, -0.25) is 24.1 Å². The number of unbranched alkanes of at least 4 members (excludes halogenated alkanes) is 1. The molecule has 2 aliphatic heterocycles. The van der Waals surface area contributed by atoms with Gasteiger partial charge in [-0.25, -0.2) is 0 Å². The minimum absolute atomic E-state index is 0.000662. The van der Waals surface area contributed by atoms with Gasteiger partial charge in [-0.15, -0.1) is 11.3 Å². The summed E-state index contributed by atoms with van der Waals surface area (Å²) in [5.74, 6) is -0.998. The molecule has 4 amide bonds. The highest BCUT2D eigenvalue weighted by atomic mass is 32.1.